The van der Waals surface area contributed by atoms with Gasteiger partial charge in [-0.25, -0.2) is 4.39 Å². The minimum atomic E-state index is -0.194. The summed E-state index contributed by atoms with van der Waals surface area (Å²) < 4.78 is 20.0. The molecule has 1 fully saturated rings. The molecule has 0 radical (unpaired) electrons. The number of halogens is 2. The fourth-order valence-electron chi connectivity index (χ4n) is 2.76. The molecule has 0 spiro atoms. The number of likely N-dealkylation sites (tertiary alicyclic amines) is 1. The molecule has 2 rings (SSSR count). The minimum absolute atomic E-state index is 0.0463. The highest BCUT2D eigenvalue weighted by Crippen LogP contribution is 2.29. The van der Waals surface area contributed by atoms with Crippen molar-refractivity contribution in [3.63, 3.8) is 0 Å². The van der Waals surface area contributed by atoms with E-state index in [0.717, 1.165) is 30.6 Å². The maximum atomic E-state index is 14.0. The Morgan fingerprint density at radius 3 is 3.00 bits per heavy atom. The SMILES string of the molecule is COCC1CCN(C(CN)c2ccc(Br)cc2F)C1. The van der Waals surface area contributed by atoms with Crippen molar-refractivity contribution in [3.8, 4) is 0 Å². The average Bonchev–Trinajstić information content (AvgIpc) is 2.82. The molecule has 19 heavy (non-hydrogen) atoms. The summed E-state index contributed by atoms with van der Waals surface area (Å²) in [4.78, 5) is 2.26. The van der Waals surface area contributed by atoms with Gasteiger partial charge in [0.15, 0.2) is 0 Å². The quantitative estimate of drug-likeness (QED) is 0.901. The number of nitrogens with two attached hydrogens (primary N) is 1. The van der Waals surface area contributed by atoms with Crippen molar-refractivity contribution in [1.29, 1.82) is 0 Å². The lowest BCUT2D eigenvalue weighted by molar-refractivity contribution is 0.147. The summed E-state index contributed by atoms with van der Waals surface area (Å²) >= 11 is 3.28. The highest BCUT2D eigenvalue weighted by Gasteiger charge is 2.29. The second-order valence-corrected chi connectivity index (χ2v) is 5.94. The second kappa shape index (κ2) is 6.79. The first-order valence-corrected chi connectivity index (χ1v) is 7.33. The van der Waals surface area contributed by atoms with E-state index in [1.165, 1.54) is 6.07 Å². The van der Waals surface area contributed by atoms with Gasteiger partial charge in [-0.1, -0.05) is 22.0 Å². The Balaban J connectivity index is 2.12. The van der Waals surface area contributed by atoms with Crippen LogP contribution < -0.4 is 5.73 Å². The molecule has 5 heteroatoms. The third kappa shape index (κ3) is 3.54. The molecule has 0 amide bonds. The Morgan fingerprint density at radius 2 is 2.37 bits per heavy atom. The zero-order chi connectivity index (χ0) is 13.8. The molecular formula is C14H20BrFN2O. The number of nitrogens with zero attached hydrogens (tertiary/aromatic N) is 1. The van der Waals surface area contributed by atoms with Gasteiger partial charge in [-0.15, -0.1) is 0 Å². The van der Waals surface area contributed by atoms with Gasteiger partial charge in [0.25, 0.3) is 0 Å². The summed E-state index contributed by atoms with van der Waals surface area (Å²) in [6.07, 6.45) is 1.09. The Labute approximate surface area is 122 Å². The largest absolute Gasteiger partial charge is 0.384 e. The van der Waals surface area contributed by atoms with E-state index in [2.05, 4.69) is 20.8 Å². The van der Waals surface area contributed by atoms with E-state index in [4.69, 9.17) is 10.5 Å². The Hall–Kier alpha value is -0.490. The molecule has 0 saturated carbocycles. The number of methoxy groups -OCH3 is 1. The summed E-state index contributed by atoms with van der Waals surface area (Å²) in [7, 11) is 1.72. The van der Waals surface area contributed by atoms with E-state index in [-0.39, 0.29) is 11.9 Å². The normalized spacial score (nSPS) is 21.8. The number of hydrogen-bond acceptors (Lipinski definition) is 3. The molecule has 1 aromatic rings. The van der Waals surface area contributed by atoms with Crippen LogP contribution in [-0.2, 0) is 4.74 Å². The Morgan fingerprint density at radius 1 is 1.58 bits per heavy atom. The predicted molar refractivity (Wildman–Crippen MR) is 77.5 cm³/mol. The van der Waals surface area contributed by atoms with Gasteiger partial charge in [-0.05, 0) is 31.0 Å². The molecule has 2 N–H and O–H groups in total. The molecule has 1 heterocycles. The third-order valence-corrected chi connectivity index (χ3v) is 4.20. The van der Waals surface area contributed by atoms with E-state index in [9.17, 15) is 4.39 Å². The van der Waals surface area contributed by atoms with Crippen LogP contribution in [0.25, 0.3) is 0 Å². The van der Waals surface area contributed by atoms with E-state index in [0.29, 0.717) is 18.0 Å². The van der Waals surface area contributed by atoms with Crippen LogP contribution in [0, 0.1) is 11.7 Å². The lowest BCUT2D eigenvalue weighted by atomic mass is 10.0. The zero-order valence-corrected chi connectivity index (χ0v) is 12.7. The maximum Gasteiger partial charge on any atom is 0.129 e. The molecule has 1 saturated heterocycles. The van der Waals surface area contributed by atoms with Gasteiger partial charge in [-0.3, -0.25) is 4.90 Å². The standard InChI is InChI=1S/C14H20BrFN2O/c1-19-9-10-4-5-18(8-10)14(7-17)12-3-2-11(15)6-13(12)16/h2-3,6,10,14H,4-5,7-9,17H2,1H3. The van der Waals surface area contributed by atoms with Gasteiger partial charge in [0, 0.05) is 36.3 Å². The van der Waals surface area contributed by atoms with E-state index >= 15 is 0 Å². The lowest BCUT2D eigenvalue weighted by Gasteiger charge is -2.27. The predicted octanol–water partition coefficient (Wildman–Crippen LogP) is 2.56. The summed E-state index contributed by atoms with van der Waals surface area (Å²) in [5.41, 5.74) is 6.54. The van der Waals surface area contributed by atoms with Crippen LogP contribution in [0.5, 0.6) is 0 Å². The fourth-order valence-corrected chi connectivity index (χ4v) is 3.10. The summed E-state index contributed by atoms with van der Waals surface area (Å²) in [6.45, 7) is 3.06. The van der Waals surface area contributed by atoms with Crippen LogP contribution in [0.4, 0.5) is 4.39 Å². The third-order valence-electron chi connectivity index (χ3n) is 3.71. The van der Waals surface area contributed by atoms with Crippen molar-refractivity contribution in [3.05, 3.63) is 34.1 Å². The zero-order valence-electron chi connectivity index (χ0n) is 11.1. The van der Waals surface area contributed by atoms with Crippen molar-refractivity contribution < 1.29 is 9.13 Å². The summed E-state index contributed by atoms with van der Waals surface area (Å²) in [5, 5.41) is 0. The summed E-state index contributed by atoms with van der Waals surface area (Å²) in [5.74, 6) is 0.331. The number of ether oxygens (including phenoxy) is 1. The molecule has 2 unspecified atom stereocenters. The van der Waals surface area contributed by atoms with Crippen molar-refractivity contribution >= 4 is 15.9 Å². The lowest BCUT2D eigenvalue weighted by Crippen LogP contribution is -2.33. The van der Waals surface area contributed by atoms with E-state index in [1.807, 2.05) is 12.1 Å². The van der Waals surface area contributed by atoms with Crippen molar-refractivity contribution in [2.24, 2.45) is 11.7 Å². The second-order valence-electron chi connectivity index (χ2n) is 5.02. The molecule has 3 nitrogen and oxygen atoms in total. The smallest absolute Gasteiger partial charge is 0.129 e. The van der Waals surface area contributed by atoms with Crippen LogP contribution in [0.1, 0.15) is 18.0 Å². The first kappa shape index (κ1) is 14.9. The van der Waals surface area contributed by atoms with Gasteiger partial charge in [0.2, 0.25) is 0 Å². The molecule has 1 aliphatic rings. The number of benzene rings is 1. The fraction of sp³-hybridized carbons (Fsp3) is 0.571. The van der Waals surface area contributed by atoms with E-state index < -0.39 is 0 Å². The van der Waals surface area contributed by atoms with E-state index in [1.54, 1.807) is 7.11 Å². The molecule has 0 aromatic heterocycles. The van der Waals surface area contributed by atoms with Crippen LogP contribution in [-0.4, -0.2) is 38.3 Å². The van der Waals surface area contributed by atoms with Gasteiger partial charge in [0.1, 0.15) is 5.82 Å². The Bertz CT molecular complexity index is 430. The first-order valence-electron chi connectivity index (χ1n) is 6.53. The average molecular weight is 331 g/mol. The number of rotatable bonds is 5. The number of hydrogen-bond donors (Lipinski definition) is 1. The van der Waals surface area contributed by atoms with Gasteiger partial charge < -0.3 is 10.5 Å². The monoisotopic (exact) mass is 330 g/mol. The van der Waals surface area contributed by atoms with Crippen LogP contribution in [0.3, 0.4) is 0 Å². The molecule has 1 aliphatic heterocycles. The molecule has 0 bridgehead atoms. The summed E-state index contributed by atoms with van der Waals surface area (Å²) in [6, 6.07) is 5.14. The van der Waals surface area contributed by atoms with Crippen LogP contribution >= 0.6 is 15.9 Å². The van der Waals surface area contributed by atoms with Crippen LogP contribution in [0.15, 0.2) is 22.7 Å². The molecule has 1 aromatic carbocycles. The van der Waals surface area contributed by atoms with Gasteiger partial charge in [0.05, 0.1) is 6.61 Å². The Kier molecular flexibility index (Phi) is 5.33. The van der Waals surface area contributed by atoms with Gasteiger partial charge in [-0.2, -0.15) is 0 Å². The van der Waals surface area contributed by atoms with Crippen LogP contribution in [0.2, 0.25) is 0 Å². The molecule has 2 atom stereocenters. The van der Waals surface area contributed by atoms with Crippen molar-refractivity contribution in [2.75, 3.05) is 33.4 Å². The minimum Gasteiger partial charge on any atom is -0.384 e. The molecular weight excluding hydrogens is 311 g/mol. The first-order chi connectivity index (χ1) is 9.15. The highest BCUT2D eigenvalue weighted by molar-refractivity contribution is 9.10. The molecule has 106 valence electrons. The molecule has 0 aliphatic carbocycles. The van der Waals surface area contributed by atoms with Gasteiger partial charge >= 0.3 is 0 Å². The highest BCUT2D eigenvalue weighted by atomic mass is 79.9. The van der Waals surface area contributed by atoms with Crippen molar-refractivity contribution in [2.45, 2.75) is 12.5 Å². The maximum absolute atomic E-state index is 14.0. The topological polar surface area (TPSA) is 38.5 Å². The van der Waals surface area contributed by atoms with Crippen molar-refractivity contribution in [1.82, 2.24) is 4.90 Å².